The molecule has 0 amide bonds. The summed E-state index contributed by atoms with van der Waals surface area (Å²) in [6.07, 6.45) is 11.3. The van der Waals surface area contributed by atoms with Crippen molar-refractivity contribution in [3.05, 3.63) is 0 Å². The lowest BCUT2D eigenvalue weighted by molar-refractivity contribution is 0.112. The molecule has 2 aliphatic rings. The molecule has 0 aromatic heterocycles. The van der Waals surface area contributed by atoms with Crippen molar-refractivity contribution >= 4 is 0 Å². The zero-order valence-electron chi connectivity index (χ0n) is 7.89. The van der Waals surface area contributed by atoms with Gasteiger partial charge in [-0.15, -0.1) is 0 Å². The van der Waals surface area contributed by atoms with E-state index in [-0.39, 0.29) is 0 Å². The predicted molar refractivity (Wildman–Crippen MR) is 49.9 cm³/mol. The summed E-state index contributed by atoms with van der Waals surface area (Å²) in [4.78, 5) is 0. The van der Waals surface area contributed by atoms with Crippen molar-refractivity contribution in [1.82, 2.24) is 0 Å². The van der Waals surface area contributed by atoms with Crippen LogP contribution in [0.15, 0.2) is 0 Å². The molecule has 2 rings (SSSR count). The van der Waals surface area contributed by atoms with Crippen molar-refractivity contribution < 1.29 is 5.11 Å². The van der Waals surface area contributed by atoms with Crippen LogP contribution in [-0.4, -0.2) is 11.7 Å². The molecule has 1 nitrogen and oxygen atoms in total. The molecule has 2 fully saturated rings. The summed E-state index contributed by atoms with van der Waals surface area (Å²) in [7, 11) is 0. The Morgan fingerprint density at radius 1 is 1.00 bits per heavy atom. The highest BCUT2D eigenvalue weighted by Gasteiger charge is 2.36. The molecule has 0 saturated heterocycles. The van der Waals surface area contributed by atoms with Crippen molar-refractivity contribution in [2.45, 2.75) is 51.4 Å². The minimum atomic E-state index is 0.427. The van der Waals surface area contributed by atoms with Crippen LogP contribution in [0.25, 0.3) is 0 Å². The van der Waals surface area contributed by atoms with Crippen molar-refractivity contribution in [3.8, 4) is 0 Å². The molecular weight excluding hydrogens is 148 g/mol. The summed E-state index contributed by atoms with van der Waals surface area (Å²) in [5, 5.41) is 9.02. The Morgan fingerprint density at radius 2 is 1.58 bits per heavy atom. The fourth-order valence-corrected chi connectivity index (χ4v) is 3.10. The van der Waals surface area contributed by atoms with Crippen LogP contribution in [-0.2, 0) is 0 Å². The lowest BCUT2D eigenvalue weighted by Crippen LogP contribution is -2.25. The lowest BCUT2D eigenvalue weighted by atomic mass is 9.70. The Kier molecular flexibility index (Phi) is 2.40. The van der Waals surface area contributed by atoms with Gasteiger partial charge in [-0.3, -0.25) is 0 Å². The van der Waals surface area contributed by atoms with E-state index in [0.29, 0.717) is 12.5 Å². The third-order valence-electron chi connectivity index (χ3n) is 4.09. The van der Waals surface area contributed by atoms with Gasteiger partial charge in [-0.1, -0.05) is 12.8 Å². The van der Waals surface area contributed by atoms with Crippen LogP contribution in [0.4, 0.5) is 0 Å². The molecule has 1 heteroatoms. The first-order valence-corrected chi connectivity index (χ1v) is 5.46. The number of rotatable bonds is 1. The van der Waals surface area contributed by atoms with Crippen LogP contribution in [0.1, 0.15) is 51.4 Å². The maximum atomic E-state index is 9.02. The monoisotopic (exact) mass is 168 g/mol. The summed E-state index contributed by atoms with van der Waals surface area (Å²) in [6, 6.07) is 0. The Morgan fingerprint density at radius 3 is 2.08 bits per heavy atom. The van der Waals surface area contributed by atoms with Crippen LogP contribution in [0.5, 0.6) is 0 Å². The zero-order valence-corrected chi connectivity index (χ0v) is 7.89. The van der Waals surface area contributed by atoms with Gasteiger partial charge in [0.25, 0.3) is 0 Å². The summed E-state index contributed by atoms with van der Waals surface area (Å²) >= 11 is 0. The molecule has 0 heterocycles. The van der Waals surface area contributed by atoms with E-state index in [9.17, 15) is 0 Å². The second-order valence-electron chi connectivity index (χ2n) is 4.83. The fraction of sp³-hybridized carbons (Fsp3) is 1.00. The third-order valence-corrected chi connectivity index (χ3v) is 4.09. The first-order valence-electron chi connectivity index (χ1n) is 5.46. The second-order valence-corrected chi connectivity index (χ2v) is 4.83. The van der Waals surface area contributed by atoms with E-state index in [1.165, 1.54) is 51.4 Å². The standard InChI is InChI=1S/C11H20O/c12-9-10-3-7-11(8-4-10)5-1-2-6-11/h10,12H,1-9H2. The highest BCUT2D eigenvalue weighted by atomic mass is 16.3. The van der Waals surface area contributed by atoms with Gasteiger partial charge in [0.2, 0.25) is 0 Å². The number of aliphatic hydroxyl groups excluding tert-OH is 1. The molecule has 0 aliphatic heterocycles. The topological polar surface area (TPSA) is 20.2 Å². The molecule has 2 saturated carbocycles. The Balaban J connectivity index is 1.88. The Labute approximate surface area is 75.2 Å². The van der Waals surface area contributed by atoms with Gasteiger partial charge < -0.3 is 5.11 Å². The maximum Gasteiger partial charge on any atom is 0.0459 e. The number of aliphatic hydroxyl groups is 1. The molecule has 0 aromatic carbocycles. The van der Waals surface area contributed by atoms with E-state index in [0.717, 1.165) is 5.41 Å². The van der Waals surface area contributed by atoms with E-state index < -0.39 is 0 Å². The highest BCUT2D eigenvalue weighted by molar-refractivity contribution is 4.89. The molecule has 0 bridgehead atoms. The first kappa shape index (κ1) is 8.55. The average molecular weight is 168 g/mol. The lowest BCUT2D eigenvalue weighted by Gasteiger charge is -2.36. The summed E-state index contributed by atoms with van der Waals surface area (Å²) in [5.74, 6) is 0.635. The van der Waals surface area contributed by atoms with Crippen molar-refractivity contribution in [1.29, 1.82) is 0 Å². The van der Waals surface area contributed by atoms with Gasteiger partial charge in [0.15, 0.2) is 0 Å². The molecule has 0 radical (unpaired) electrons. The van der Waals surface area contributed by atoms with Gasteiger partial charge >= 0.3 is 0 Å². The number of hydrogen-bond acceptors (Lipinski definition) is 1. The van der Waals surface area contributed by atoms with Gasteiger partial charge in [-0.2, -0.15) is 0 Å². The molecule has 70 valence electrons. The molecule has 12 heavy (non-hydrogen) atoms. The Hall–Kier alpha value is -0.0400. The van der Waals surface area contributed by atoms with E-state index in [4.69, 9.17) is 5.11 Å². The maximum absolute atomic E-state index is 9.02. The molecule has 0 atom stereocenters. The summed E-state index contributed by atoms with van der Waals surface area (Å²) in [5.41, 5.74) is 0.742. The molecule has 1 spiro atoms. The normalized spacial score (nSPS) is 29.8. The van der Waals surface area contributed by atoms with Gasteiger partial charge in [0.1, 0.15) is 0 Å². The fourth-order valence-electron chi connectivity index (χ4n) is 3.10. The van der Waals surface area contributed by atoms with Crippen LogP contribution in [0, 0.1) is 11.3 Å². The summed E-state index contributed by atoms with van der Waals surface area (Å²) in [6.45, 7) is 0.427. The van der Waals surface area contributed by atoms with Crippen LogP contribution >= 0.6 is 0 Å². The van der Waals surface area contributed by atoms with Crippen LogP contribution < -0.4 is 0 Å². The number of hydrogen-bond donors (Lipinski definition) is 1. The minimum absolute atomic E-state index is 0.427. The van der Waals surface area contributed by atoms with E-state index >= 15 is 0 Å². The van der Waals surface area contributed by atoms with E-state index in [2.05, 4.69) is 0 Å². The summed E-state index contributed by atoms with van der Waals surface area (Å²) < 4.78 is 0. The van der Waals surface area contributed by atoms with Crippen molar-refractivity contribution in [2.24, 2.45) is 11.3 Å². The second kappa shape index (κ2) is 3.37. The molecule has 0 aromatic rings. The molecular formula is C11H20O. The minimum Gasteiger partial charge on any atom is -0.396 e. The van der Waals surface area contributed by atoms with Crippen molar-refractivity contribution in [3.63, 3.8) is 0 Å². The SMILES string of the molecule is OCC1CCC2(CCCC2)CC1. The van der Waals surface area contributed by atoms with E-state index in [1.54, 1.807) is 0 Å². The van der Waals surface area contributed by atoms with Crippen molar-refractivity contribution in [2.75, 3.05) is 6.61 Å². The Bertz CT molecular complexity index is 137. The average Bonchev–Trinajstić information content (AvgIpc) is 2.55. The van der Waals surface area contributed by atoms with Gasteiger partial charge in [0, 0.05) is 6.61 Å². The highest BCUT2D eigenvalue weighted by Crippen LogP contribution is 2.49. The quantitative estimate of drug-likeness (QED) is 0.638. The largest absolute Gasteiger partial charge is 0.396 e. The molecule has 0 unspecified atom stereocenters. The zero-order chi connectivity index (χ0) is 8.44. The molecule has 1 N–H and O–H groups in total. The first-order chi connectivity index (χ1) is 5.85. The molecule has 2 aliphatic carbocycles. The third kappa shape index (κ3) is 1.52. The van der Waals surface area contributed by atoms with E-state index in [1.807, 2.05) is 0 Å². The van der Waals surface area contributed by atoms with Gasteiger partial charge in [0.05, 0.1) is 0 Å². The van der Waals surface area contributed by atoms with Gasteiger partial charge in [-0.25, -0.2) is 0 Å². The van der Waals surface area contributed by atoms with Crippen LogP contribution in [0.2, 0.25) is 0 Å². The smallest absolute Gasteiger partial charge is 0.0459 e. The predicted octanol–water partition coefficient (Wildman–Crippen LogP) is 2.73. The van der Waals surface area contributed by atoms with Gasteiger partial charge in [-0.05, 0) is 49.9 Å². The van der Waals surface area contributed by atoms with Crippen LogP contribution in [0.3, 0.4) is 0 Å².